The zero-order valence-corrected chi connectivity index (χ0v) is 8.60. The lowest BCUT2D eigenvalue weighted by Crippen LogP contribution is -2.32. The predicted octanol–water partition coefficient (Wildman–Crippen LogP) is 1.47. The van der Waals surface area contributed by atoms with Gasteiger partial charge >= 0.3 is 0 Å². The largest absolute Gasteiger partial charge is 0.316 e. The molecule has 2 fully saturated rings. The smallest absolute Gasteiger partial charge is 0.00156 e. The molecule has 0 aromatic carbocycles. The summed E-state index contributed by atoms with van der Waals surface area (Å²) in [6.07, 6.45) is 7.14. The first-order chi connectivity index (χ1) is 6.45. The first kappa shape index (κ1) is 9.47. The molecule has 2 heterocycles. The third-order valence-corrected chi connectivity index (χ3v) is 3.45. The highest BCUT2D eigenvalue weighted by molar-refractivity contribution is 4.72. The van der Waals surface area contributed by atoms with Crippen molar-refractivity contribution in [1.82, 2.24) is 10.2 Å². The fourth-order valence-corrected chi connectivity index (χ4v) is 2.54. The second-order valence-electron chi connectivity index (χ2n) is 4.55. The van der Waals surface area contributed by atoms with Gasteiger partial charge in [0.2, 0.25) is 0 Å². The van der Waals surface area contributed by atoms with Crippen LogP contribution in [0.1, 0.15) is 32.1 Å². The van der Waals surface area contributed by atoms with Gasteiger partial charge < -0.3 is 10.2 Å². The Bertz CT molecular complexity index is 135. The van der Waals surface area contributed by atoms with E-state index in [9.17, 15) is 0 Å². The Kier molecular flexibility index (Phi) is 3.62. The maximum absolute atomic E-state index is 3.49. The molecule has 0 saturated carbocycles. The van der Waals surface area contributed by atoms with Crippen LogP contribution in [-0.2, 0) is 0 Å². The van der Waals surface area contributed by atoms with Crippen LogP contribution in [0.5, 0.6) is 0 Å². The van der Waals surface area contributed by atoms with Crippen LogP contribution in [-0.4, -0.2) is 37.6 Å². The molecule has 1 N–H and O–H groups in total. The molecule has 76 valence electrons. The Balaban J connectivity index is 1.60. The third kappa shape index (κ3) is 2.96. The average molecular weight is 182 g/mol. The highest BCUT2D eigenvalue weighted by Gasteiger charge is 2.16. The molecule has 2 nitrogen and oxygen atoms in total. The molecule has 2 aliphatic heterocycles. The molecule has 0 aliphatic carbocycles. The maximum Gasteiger partial charge on any atom is -0.00156 e. The minimum atomic E-state index is 0.967. The van der Waals surface area contributed by atoms with E-state index in [1.807, 2.05) is 0 Å². The SMILES string of the molecule is C1CNC[C@H](CCN2CCCC2)C1. The third-order valence-electron chi connectivity index (χ3n) is 3.45. The minimum Gasteiger partial charge on any atom is -0.316 e. The van der Waals surface area contributed by atoms with Crippen molar-refractivity contribution in [3.63, 3.8) is 0 Å². The molecular formula is C11H22N2. The summed E-state index contributed by atoms with van der Waals surface area (Å²) in [6.45, 7) is 6.60. The van der Waals surface area contributed by atoms with E-state index >= 15 is 0 Å². The molecule has 0 aromatic heterocycles. The number of nitrogens with zero attached hydrogens (tertiary/aromatic N) is 1. The molecule has 0 aromatic rings. The summed E-state index contributed by atoms with van der Waals surface area (Å²) in [5.74, 6) is 0.967. The van der Waals surface area contributed by atoms with E-state index in [0.717, 1.165) is 5.92 Å². The van der Waals surface area contributed by atoms with Crippen molar-refractivity contribution in [3.05, 3.63) is 0 Å². The second kappa shape index (κ2) is 4.97. The quantitative estimate of drug-likeness (QED) is 0.711. The van der Waals surface area contributed by atoms with Gasteiger partial charge in [-0.1, -0.05) is 0 Å². The van der Waals surface area contributed by atoms with Crippen molar-refractivity contribution in [2.24, 2.45) is 5.92 Å². The van der Waals surface area contributed by atoms with Crippen LogP contribution in [0.2, 0.25) is 0 Å². The van der Waals surface area contributed by atoms with Crippen molar-refractivity contribution in [1.29, 1.82) is 0 Å². The van der Waals surface area contributed by atoms with Crippen LogP contribution in [0.25, 0.3) is 0 Å². The summed E-state index contributed by atoms with van der Waals surface area (Å²) < 4.78 is 0. The van der Waals surface area contributed by atoms with Crippen molar-refractivity contribution in [2.45, 2.75) is 32.1 Å². The van der Waals surface area contributed by atoms with E-state index in [4.69, 9.17) is 0 Å². The van der Waals surface area contributed by atoms with Gasteiger partial charge in [-0.3, -0.25) is 0 Å². The lowest BCUT2D eigenvalue weighted by atomic mass is 9.96. The summed E-state index contributed by atoms with van der Waals surface area (Å²) in [7, 11) is 0. The molecule has 0 bridgehead atoms. The van der Waals surface area contributed by atoms with Gasteiger partial charge in [0, 0.05) is 0 Å². The number of nitrogens with one attached hydrogen (secondary N) is 1. The molecule has 0 unspecified atom stereocenters. The maximum atomic E-state index is 3.49. The molecular weight excluding hydrogens is 160 g/mol. The van der Waals surface area contributed by atoms with Gasteiger partial charge in [-0.15, -0.1) is 0 Å². The van der Waals surface area contributed by atoms with Crippen LogP contribution >= 0.6 is 0 Å². The number of hydrogen-bond acceptors (Lipinski definition) is 2. The molecule has 0 spiro atoms. The lowest BCUT2D eigenvalue weighted by molar-refractivity contribution is 0.274. The van der Waals surface area contributed by atoms with Gasteiger partial charge in [-0.05, 0) is 70.7 Å². The molecule has 2 heteroatoms. The summed E-state index contributed by atoms with van der Waals surface area (Å²) in [6, 6.07) is 0. The summed E-state index contributed by atoms with van der Waals surface area (Å²) in [5, 5.41) is 3.49. The van der Waals surface area contributed by atoms with E-state index < -0.39 is 0 Å². The van der Waals surface area contributed by atoms with E-state index in [2.05, 4.69) is 10.2 Å². The topological polar surface area (TPSA) is 15.3 Å². The summed E-state index contributed by atoms with van der Waals surface area (Å²) in [4.78, 5) is 2.63. The highest BCUT2D eigenvalue weighted by atomic mass is 15.1. The Morgan fingerprint density at radius 3 is 2.69 bits per heavy atom. The second-order valence-corrected chi connectivity index (χ2v) is 4.55. The van der Waals surface area contributed by atoms with Gasteiger partial charge in [0.1, 0.15) is 0 Å². The van der Waals surface area contributed by atoms with Gasteiger partial charge in [0.15, 0.2) is 0 Å². The number of rotatable bonds is 3. The van der Waals surface area contributed by atoms with E-state index in [1.54, 1.807) is 0 Å². The van der Waals surface area contributed by atoms with E-state index in [1.165, 1.54) is 64.8 Å². The van der Waals surface area contributed by atoms with Crippen molar-refractivity contribution in [3.8, 4) is 0 Å². The fraction of sp³-hybridized carbons (Fsp3) is 1.00. The van der Waals surface area contributed by atoms with Crippen LogP contribution in [0.4, 0.5) is 0 Å². The molecule has 1 atom stereocenters. The highest BCUT2D eigenvalue weighted by Crippen LogP contribution is 2.16. The average Bonchev–Trinajstić information content (AvgIpc) is 2.69. The van der Waals surface area contributed by atoms with Gasteiger partial charge in [0.25, 0.3) is 0 Å². The van der Waals surface area contributed by atoms with Crippen molar-refractivity contribution in [2.75, 3.05) is 32.7 Å². The Morgan fingerprint density at radius 1 is 1.15 bits per heavy atom. The molecule has 0 amide bonds. The Labute approximate surface area is 81.7 Å². The zero-order valence-electron chi connectivity index (χ0n) is 8.60. The summed E-state index contributed by atoms with van der Waals surface area (Å²) >= 11 is 0. The number of piperidine rings is 1. The first-order valence-corrected chi connectivity index (χ1v) is 5.88. The van der Waals surface area contributed by atoms with Gasteiger partial charge in [0.05, 0.1) is 0 Å². The van der Waals surface area contributed by atoms with Crippen molar-refractivity contribution < 1.29 is 0 Å². The van der Waals surface area contributed by atoms with Gasteiger partial charge in [-0.2, -0.15) is 0 Å². The standard InChI is InChI=1S/C11H22N2/c1-2-8-13(7-1)9-5-11-4-3-6-12-10-11/h11-12H,1-10H2/t11-/m0/s1. The molecule has 2 saturated heterocycles. The molecule has 2 aliphatic rings. The fourth-order valence-electron chi connectivity index (χ4n) is 2.54. The predicted molar refractivity (Wildman–Crippen MR) is 55.9 cm³/mol. The van der Waals surface area contributed by atoms with Crippen LogP contribution in [0.3, 0.4) is 0 Å². The zero-order chi connectivity index (χ0) is 8.93. The first-order valence-electron chi connectivity index (χ1n) is 5.88. The van der Waals surface area contributed by atoms with E-state index in [0.29, 0.717) is 0 Å². The van der Waals surface area contributed by atoms with Crippen LogP contribution in [0, 0.1) is 5.92 Å². The Morgan fingerprint density at radius 2 is 2.00 bits per heavy atom. The normalized spacial score (nSPS) is 30.9. The van der Waals surface area contributed by atoms with Crippen LogP contribution < -0.4 is 5.32 Å². The molecule has 0 radical (unpaired) electrons. The summed E-state index contributed by atoms with van der Waals surface area (Å²) in [5.41, 5.74) is 0. The van der Waals surface area contributed by atoms with Gasteiger partial charge in [-0.25, -0.2) is 0 Å². The molecule has 13 heavy (non-hydrogen) atoms. The van der Waals surface area contributed by atoms with Crippen LogP contribution in [0.15, 0.2) is 0 Å². The number of hydrogen-bond donors (Lipinski definition) is 1. The molecule has 2 rings (SSSR count). The van der Waals surface area contributed by atoms with Crippen molar-refractivity contribution >= 4 is 0 Å². The number of likely N-dealkylation sites (tertiary alicyclic amines) is 1. The van der Waals surface area contributed by atoms with E-state index in [-0.39, 0.29) is 0 Å². The Hall–Kier alpha value is -0.0800. The monoisotopic (exact) mass is 182 g/mol. The lowest BCUT2D eigenvalue weighted by Gasteiger charge is -2.24. The minimum absolute atomic E-state index is 0.967.